The minimum Gasteiger partial charge on any atom is -0.261 e. The molecule has 2 heterocycles. The van der Waals surface area contributed by atoms with Crippen LogP contribution in [-0.4, -0.2) is 15.7 Å². The van der Waals surface area contributed by atoms with E-state index in [0.29, 0.717) is 0 Å². The molecule has 0 fully saturated rings. The SMILES string of the molecule is CCC(CC)=NNc1ncnc2sc(C)c(C)c12. The molecule has 0 spiro atoms. The quantitative estimate of drug-likeness (QED) is 0.671. The highest BCUT2D eigenvalue weighted by Crippen LogP contribution is 2.32. The number of nitrogens with one attached hydrogen (secondary N) is 1. The summed E-state index contributed by atoms with van der Waals surface area (Å²) in [6.07, 6.45) is 3.51. The van der Waals surface area contributed by atoms with Crippen molar-refractivity contribution in [3.8, 4) is 0 Å². The van der Waals surface area contributed by atoms with E-state index < -0.39 is 0 Å². The molecule has 0 aliphatic heterocycles. The molecule has 96 valence electrons. The second kappa shape index (κ2) is 5.44. The standard InChI is InChI=1S/C13H18N4S/c1-5-10(6-2)16-17-12-11-8(3)9(4)18-13(11)15-7-14-12/h7H,5-6H2,1-4H3,(H,14,15,17). The number of aryl methyl sites for hydroxylation is 2. The maximum atomic E-state index is 4.41. The van der Waals surface area contributed by atoms with Gasteiger partial charge in [-0.1, -0.05) is 13.8 Å². The zero-order valence-corrected chi connectivity index (χ0v) is 12.1. The van der Waals surface area contributed by atoms with Crippen molar-refractivity contribution in [2.75, 3.05) is 5.43 Å². The molecule has 0 unspecified atom stereocenters. The van der Waals surface area contributed by atoms with Gasteiger partial charge in [-0.2, -0.15) is 5.10 Å². The van der Waals surface area contributed by atoms with Crippen molar-refractivity contribution in [3.05, 3.63) is 16.8 Å². The summed E-state index contributed by atoms with van der Waals surface area (Å²) in [7, 11) is 0. The third-order valence-corrected chi connectivity index (χ3v) is 4.22. The van der Waals surface area contributed by atoms with E-state index >= 15 is 0 Å². The van der Waals surface area contributed by atoms with E-state index in [0.717, 1.165) is 34.6 Å². The normalized spacial score (nSPS) is 10.7. The first-order valence-electron chi connectivity index (χ1n) is 6.19. The third kappa shape index (κ3) is 2.36. The van der Waals surface area contributed by atoms with Crippen LogP contribution in [0, 0.1) is 13.8 Å². The van der Waals surface area contributed by atoms with Crippen molar-refractivity contribution in [2.45, 2.75) is 40.5 Å². The number of rotatable bonds is 4. The molecule has 0 aliphatic rings. The Morgan fingerprint density at radius 2 is 2.00 bits per heavy atom. The lowest BCUT2D eigenvalue weighted by Gasteiger charge is -2.04. The topological polar surface area (TPSA) is 50.2 Å². The van der Waals surface area contributed by atoms with Crippen LogP contribution in [0.3, 0.4) is 0 Å². The van der Waals surface area contributed by atoms with E-state index in [1.54, 1.807) is 17.7 Å². The minimum atomic E-state index is 0.807. The molecule has 2 rings (SSSR count). The predicted octanol–water partition coefficient (Wildman–Crippen LogP) is 3.90. The van der Waals surface area contributed by atoms with Crippen LogP contribution >= 0.6 is 11.3 Å². The van der Waals surface area contributed by atoms with Crippen LogP contribution in [0.25, 0.3) is 10.2 Å². The predicted molar refractivity (Wildman–Crippen MR) is 78.5 cm³/mol. The molecule has 5 heteroatoms. The van der Waals surface area contributed by atoms with Crippen LogP contribution in [0.4, 0.5) is 5.82 Å². The van der Waals surface area contributed by atoms with Gasteiger partial charge in [0.2, 0.25) is 0 Å². The molecule has 2 aromatic heterocycles. The number of hydrogen-bond donors (Lipinski definition) is 1. The maximum Gasteiger partial charge on any atom is 0.158 e. The third-order valence-electron chi connectivity index (χ3n) is 3.10. The van der Waals surface area contributed by atoms with Gasteiger partial charge in [-0.15, -0.1) is 11.3 Å². The smallest absolute Gasteiger partial charge is 0.158 e. The van der Waals surface area contributed by atoms with E-state index in [4.69, 9.17) is 0 Å². The zero-order valence-electron chi connectivity index (χ0n) is 11.2. The Morgan fingerprint density at radius 1 is 1.28 bits per heavy atom. The lowest BCUT2D eigenvalue weighted by molar-refractivity contribution is 1.11. The van der Waals surface area contributed by atoms with Gasteiger partial charge >= 0.3 is 0 Å². The Bertz CT molecular complexity index is 580. The van der Waals surface area contributed by atoms with Crippen molar-refractivity contribution in [1.82, 2.24) is 9.97 Å². The number of nitrogens with zero attached hydrogens (tertiary/aromatic N) is 3. The number of thiophene rings is 1. The maximum absolute atomic E-state index is 4.41. The first-order chi connectivity index (χ1) is 8.67. The Labute approximate surface area is 111 Å². The van der Waals surface area contributed by atoms with Gasteiger partial charge in [-0.05, 0) is 32.3 Å². The highest BCUT2D eigenvalue weighted by molar-refractivity contribution is 7.18. The molecule has 0 bridgehead atoms. The zero-order chi connectivity index (χ0) is 13.1. The van der Waals surface area contributed by atoms with Crippen molar-refractivity contribution in [2.24, 2.45) is 5.10 Å². The molecule has 18 heavy (non-hydrogen) atoms. The van der Waals surface area contributed by atoms with Gasteiger partial charge in [0.1, 0.15) is 11.2 Å². The lowest BCUT2D eigenvalue weighted by atomic mass is 10.2. The van der Waals surface area contributed by atoms with E-state index in [9.17, 15) is 0 Å². The van der Waals surface area contributed by atoms with Gasteiger partial charge in [0.05, 0.1) is 5.39 Å². The molecule has 0 saturated heterocycles. The molecule has 0 aliphatic carbocycles. The van der Waals surface area contributed by atoms with Gasteiger partial charge in [-0.25, -0.2) is 9.97 Å². The molecular weight excluding hydrogens is 244 g/mol. The summed E-state index contributed by atoms with van der Waals surface area (Å²) in [5, 5.41) is 5.51. The van der Waals surface area contributed by atoms with E-state index in [1.807, 2.05) is 0 Å². The Morgan fingerprint density at radius 3 is 2.67 bits per heavy atom. The number of anilines is 1. The largest absolute Gasteiger partial charge is 0.261 e. The molecular formula is C13H18N4S. The second-order valence-corrected chi connectivity index (χ2v) is 5.39. The van der Waals surface area contributed by atoms with Gasteiger partial charge in [-0.3, -0.25) is 5.43 Å². The molecule has 2 aromatic rings. The molecule has 0 saturated carbocycles. The average molecular weight is 262 g/mol. The fourth-order valence-corrected chi connectivity index (χ4v) is 2.80. The van der Waals surface area contributed by atoms with E-state index in [2.05, 4.69) is 48.2 Å². The molecule has 0 atom stereocenters. The van der Waals surface area contributed by atoms with Crippen LogP contribution in [0.15, 0.2) is 11.4 Å². The summed E-state index contributed by atoms with van der Waals surface area (Å²) in [4.78, 5) is 10.9. The van der Waals surface area contributed by atoms with Crippen LogP contribution in [0.5, 0.6) is 0 Å². The Hall–Kier alpha value is -1.49. The summed E-state index contributed by atoms with van der Waals surface area (Å²) in [5.41, 5.74) is 5.47. The summed E-state index contributed by atoms with van der Waals surface area (Å²) >= 11 is 1.70. The average Bonchev–Trinajstić information content (AvgIpc) is 2.67. The molecule has 4 nitrogen and oxygen atoms in total. The van der Waals surface area contributed by atoms with Crippen molar-refractivity contribution in [1.29, 1.82) is 0 Å². The molecule has 1 N–H and O–H groups in total. The molecule has 0 radical (unpaired) electrons. The first kappa shape index (κ1) is 13.0. The summed E-state index contributed by atoms with van der Waals surface area (Å²) in [6, 6.07) is 0. The van der Waals surface area contributed by atoms with Crippen LogP contribution < -0.4 is 5.43 Å². The van der Waals surface area contributed by atoms with Crippen molar-refractivity contribution < 1.29 is 0 Å². The summed E-state index contributed by atoms with van der Waals surface area (Å²) < 4.78 is 0. The number of aromatic nitrogens is 2. The Kier molecular flexibility index (Phi) is 3.91. The highest BCUT2D eigenvalue weighted by Gasteiger charge is 2.11. The van der Waals surface area contributed by atoms with Gasteiger partial charge in [0, 0.05) is 10.6 Å². The first-order valence-corrected chi connectivity index (χ1v) is 7.01. The fraction of sp³-hybridized carbons (Fsp3) is 0.462. The van der Waals surface area contributed by atoms with Crippen LogP contribution in [0.2, 0.25) is 0 Å². The van der Waals surface area contributed by atoms with E-state index in [-0.39, 0.29) is 0 Å². The Balaban J connectivity index is 2.42. The minimum absolute atomic E-state index is 0.807. The van der Waals surface area contributed by atoms with Crippen molar-refractivity contribution >= 4 is 33.1 Å². The monoisotopic (exact) mass is 262 g/mol. The number of hydrazone groups is 1. The lowest BCUT2D eigenvalue weighted by Crippen LogP contribution is -2.01. The van der Waals surface area contributed by atoms with E-state index in [1.165, 1.54) is 10.4 Å². The highest BCUT2D eigenvalue weighted by atomic mass is 32.1. The molecule has 0 aromatic carbocycles. The number of hydrogen-bond acceptors (Lipinski definition) is 5. The van der Waals surface area contributed by atoms with Gasteiger partial charge in [0.25, 0.3) is 0 Å². The van der Waals surface area contributed by atoms with Crippen molar-refractivity contribution in [3.63, 3.8) is 0 Å². The second-order valence-electron chi connectivity index (χ2n) is 4.18. The van der Waals surface area contributed by atoms with Crippen LogP contribution in [0.1, 0.15) is 37.1 Å². The van der Waals surface area contributed by atoms with Gasteiger partial charge < -0.3 is 0 Å². The molecule has 0 amide bonds. The summed E-state index contributed by atoms with van der Waals surface area (Å²) in [6.45, 7) is 8.43. The summed E-state index contributed by atoms with van der Waals surface area (Å²) in [5.74, 6) is 0.807. The van der Waals surface area contributed by atoms with Crippen LogP contribution in [-0.2, 0) is 0 Å². The van der Waals surface area contributed by atoms with Gasteiger partial charge in [0.15, 0.2) is 5.82 Å². The fourth-order valence-electron chi connectivity index (χ4n) is 1.81. The number of fused-ring (bicyclic) bond motifs is 1.